The van der Waals surface area contributed by atoms with Crippen molar-refractivity contribution < 1.29 is 4.74 Å². The Hall–Kier alpha value is -0.910. The largest absolute Gasteiger partial charge is 0.374 e. The summed E-state index contributed by atoms with van der Waals surface area (Å²) in [6, 6.07) is 2.57. The molecule has 0 saturated heterocycles. The van der Waals surface area contributed by atoms with Gasteiger partial charge in [-0.1, -0.05) is 20.8 Å². The van der Waals surface area contributed by atoms with Crippen LogP contribution in [0, 0.1) is 0 Å². The number of nitrogens with two attached hydrogens (primary N) is 1. The van der Waals surface area contributed by atoms with E-state index in [-0.39, 0.29) is 11.6 Å². The molecular weight excluding hydrogens is 264 g/mol. The van der Waals surface area contributed by atoms with E-state index in [2.05, 4.69) is 50.5 Å². The lowest BCUT2D eigenvalue weighted by atomic mass is 9.85. The molecule has 21 heavy (non-hydrogen) atoms. The van der Waals surface area contributed by atoms with Crippen molar-refractivity contribution in [2.75, 3.05) is 6.61 Å². The molecule has 5 nitrogen and oxygen atoms in total. The molecule has 0 aromatic carbocycles. The van der Waals surface area contributed by atoms with Crippen molar-refractivity contribution in [3.8, 4) is 0 Å². The van der Waals surface area contributed by atoms with Crippen LogP contribution in [-0.2, 0) is 11.2 Å². The van der Waals surface area contributed by atoms with Gasteiger partial charge in [-0.25, -0.2) is 0 Å². The Kier molecular flexibility index (Phi) is 7.35. The number of hydrogen-bond donors (Lipinski definition) is 2. The molecule has 122 valence electrons. The van der Waals surface area contributed by atoms with Gasteiger partial charge in [0.05, 0.1) is 17.3 Å². The van der Waals surface area contributed by atoms with E-state index in [0.717, 1.165) is 31.4 Å². The Balaban J connectivity index is 2.87. The number of hydrazine groups is 1. The number of aromatic nitrogens is 2. The summed E-state index contributed by atoms with van der Waals surface area (Å²) in [7, 11) is 0. The Morgan fingerprint density at radius 2 is 2.00 bits per heavy atom. The minimum Gasteiger partial charge on any atom is -0.374 e. The van der Waals surface area contributed by atoms with Crippen molar-refractivity contribution in [2.45, 2.75) is 78.0 Å². The summed E-state index contributed by atoms with van der Waals surface area (Å²) in [6.45, 7) is 11.4. The summed E-state index contributed by atoms with van der Waals surface area (Å²) in [4.78, 5) is 0. The highest BCUT2D eigenvalue weighted by Gasteiger charge is 2.36. The Morgan fingerprint density at radius 1 is 1.33 bits per heavy atom. The molecule has 0 amide bonds. The first-order chi connectivity index (χ1) is 10.1. The van der Waals surface area contributed by atoms with E-state index >= 15 is 0 Å². The maximum absolute atomic E-state index is 6.05. The highest BCUT2D eigenvalue weighted by molar-refractivity contribution is 5.06. The average Bonchev–Trinajstić information content (AvgIpc) is 2.98. The predicted molar refractivity (Wildman–Crippen MR) is 87.0 cm³/mol. The van der Waals surface area contributed by atoms with Gasteiger partial charge in [0.15, 0.2) is 0 Å². The van der Waals surface area contributed by atoms with Gasteiger partial charge in [-0.05, 0) is 39.2 Å². The molecule has 0 aliphatic rings. The van der Waals surface area contributed by atoms with E-state index in [1.54, 1.807) is 0 Å². The monoisotopic (exact) mass is 296 g/mol. The minimum absolute atomic E-state index is 0.0627. The van der Waals surface area contributed by atoms with E-state index in [1.165, 1.54) is 0 Å². The van der Waals surface area contributed by atoms with E-state index < -0.39 is 0 Å². The quantitative estimate of drug-likeness (QED) is 0.515. The first kappa shape index (κ1) is 18.1. The maximum Gasteiger partial charge on any atom is 0.0846 e. The van der Waals surface area contributed by atoms with Gasteiger partial charge in [0.2, 0.25) is 0 Å². The minimum atomic E-state index is -0.232. The van der Waals surface area contributed by atoms with E-state index in [9.17, 15) is 0 Å². The zero-order valence-corrected chi connectivity index (χ0v) is 14.2. The summed E-state index contributed by atoms with van der Waals surface area (Å²) in [5.41, 5.74) is 3.78. The van der Waals surface area contributed by atoms with Crippen LogP contribution in [0.3, 0.4) is 0 Å². The normalized spacial score (nSPS) is 15.1. The van der Waals surface area contributed by atoms with Crippen LogP contribution in [-0.4, -0.2) is 28.0 Å². The number of nitrogens with one attached hydrogen (secondary N) is 1. The van der Waals surface area contributed by atoms with Gasteiger partial charge in [0.25, 0.3) is 0 Å². The van der Waals surface area contributed by atoms with Crippen LogP contribution in [0.25, 0.3) is 0 Å². The summed E-state index contributed by atoms with van der Waals surface area (Å²) < 4.78 is 8.08. The van der Waals surface area contributed by atoms with Crippen molar-refractivity contribution in [3.05, 3.63) is 18.0 Å². The van der Waals surface area contributed by atoms with Crippen LogP contribution in [0.4, 0.5) is 0 Å². The zero-order chi connectivity index (χ0) is 15.9. The third-order valence-corrected chi connectivity index (χ3v) is 4.58. The lowest BCUT2D eigenvalue weighted by Gasteiger charge is -2.38. The molecule has 0 saturated carbocycles. The molecule has 0 aliphatic heterocycles. The molecular formula is C16H32N4O. The number of ether oxygens (including phenoxy) is 1. The molecule has 0 aliphatic carbocycles. The average molecular weight is 296 g/mol. The van der Waals surface area contributed by atoms with Crippen LogP contribution in [0.5, 0.6) is 0 Å². The first-order valence-corrected chi connectivity index (χ1v) is 8.20. The molecule has 0 radical (unpaired) electrons. The smallest absolute Gasteiger partial charge is 0.0846 e. The molecule has 3 N–H and O–H groups in total. The van der Waals surface area contributed by atoms with E-state index in [1.807, 2.05) is 11.6 Å². The third-order valence-electron chi connectivity index (χ3n) is 4.58. The summed E-state index contributed by atoms with van der Waals surface area (Å²) in [5.74, 6) is 5.82. The van der Waals surface area contributed by atoms with Gasteiger partial charge in [-0.3, -0.25) is 16.0 Å². The fraction of sp³-hybridized carbons (Fsp3) is 0.812. The van der Waals surface area contributed by atoms with Crippen molar-refractivity contribution >= 4 is 0 Å². The van der Waals surface area contributed by atoms with Crippen LogP contribution in [0.2, 0.25) is 0 Å². The van der Waals surface area contributed by atoms with Crippen LogP contribution in [0.1, 0.15) is 65.6 Å². The molecule has 1 rings (SSSR count). The van der Waals surface area contributed by atoms with Gasteiger partial charge in [-0.15, -0.1) is 0 Å². The summed E-state index contributed by atoms with van der Waals surface area (Å²) in [5, 5.41) is 4.68. The molecule has 5 heteroatoms. The van der Waals surface area contributed by atoms with Gasteiger partial charge in [0.1, 0.15) is 0 Å². The lowest BCUT2D eigenvalue weighted by Crippen LogP contribution is -2.55. The molecule has 2 atom stereocenters. The van der Waals surface area contributed by atoms with Gasteiger partial charge in [0, 0.05) is 25.3 Å². The van der Waals surface area contributed by atoms with Crippen LogP contribution < -0.4 is 11.3 Å². The molecule has 0 spiro atoms. The van der Waals surface area contributed by atoms with Crippen molar-refractivity contribution in [1.29, 1.82) is 0 Å². The second-order valence-electron chi connectivity index (χ2n) is 5.67. The molecule has 1 heterocycles. The first-order valence-electron chi connectivity index (χ1n) is 8.20. The third kappa shape index (κ3) is 4.28. The van der Waals surface area contributed by atoms with Crippen molar-refractivity contribution in [3.63, 3.8) is 0 Å². The number of nitrogens with zero attached hydrogens (tertiary/aromatic N) is 2. The van der Waals surface area contributed by atoms with E-state index in [0.29, 0.717) is 12.6 Å². The molecule has 0 bridgehead atoms. The van der Waals surface area contributed by atoms with E-state index in [4.69, 9.17) is 10.6 Å². The van der Waals surface area contributed by atoms with Crippen LogP contribution in [0.15, 0.2) is 12.3 Å². The van der Waals surface area contributed by atoms with Gasteiger partial charge >= 0.3 is 0 Å². The molecule has 0 fully saturated rings. The zero-order valence-electron chi connectivity index (χ0n) is 14.2. The fourth-order valence-electron chi connectivity index (χ4n) is 2.86. The Bertz CT molecular complexity index is 401. The highest BCUT2D eigenvalue weighted by Crippen LogP contribution is 2.27. The van der Waals surface area contributed by atoms with Crippen LogP contribution >= 0.6 is 0 Å². The van der Waals surface area contributed by atoms with Crippen molar-refractivity contribution in [1.82, 2.24) is 15.2 Å². The molecule has 2 unspecified atom stereocenters. The SMILES string of the molecule is CCOC(CC)(CC)C(Cc1ccn(C(C)CC)n1)NN. The predicted octanol–water partition coefficient (Wildman–Crippen LogP) is 2.82. The lowest BCUT2D eigenvalue weighted by molar-refractivity contribution is -0.0721. The Labute approximate surface area is 129 Å². The highest BCUT2D eigenvalue weighted by atomic mass is 16.5. The van der Waals surface area contributed by atoms with Crippen molar-refractivity contribution in [2.24, 2.45) is 5.84 Å². The standard InChI is InChI=1S/C16H32N4O/c1-6-13(5)20-11-10-14(19-20)12-15(18-17)16(7-2,8-3)21-9-4/h10-11,13,15,18H,6-9,12,17H2,1-5H3. The fourth-order valence-corrected chi connectivity index (χ4v) is 2.86. The number of rotatable bonds is 10. The summed E-state index contributed by atoms with van der Waals surface area (Å²) in [6.07, 6.45) is 5.77. The van der Waals surface area contributed by atoms with Gasteiger partial charge < -0.3 is 4.74 Å². The topological polar surface area (TPSA) is 65.1 Å². The second-order valence-corrected chi connectivity index (χ2v) is 5.67. The summed E-state index contributed by atoms with van der Waals surface area (Å²) >= 11 is 0. The number of hydrogen-bond acceptors (Lipinski definition) is 4. The second kappa shape index (κ2) is 8.51. The molecule has 1 aromatic rings. The molecule has 1 aromatic heterocycles. The Morgan fingerprint density at radius 3 is 2.48 bits per heavy atom. The van der Waals surface area contributed by atoms with Gasteiger partial charge in [-0.2, -0.15) is 5.10 Å². The maximum atomic E-state index is 6.05.